The molecular formula is C20H27FN6O4. The van der Waals surface area contributed by atoms with Crippen LogP contribution in [0.2, 0.25) is 0 Å². The minimum absolute atomic E-state index is 0.188. The zero-order chi connectivity index (χ0) is 22.2. The number of carbonyl (C=O) groups is 2. The molecule has 0 radical (unpaired) electrons. The van der Waals surface area contributed by atoms with Crippen LogP contribution in [0.4, 0.5) is 15.0 Å². The molecule has 2 aliphatic carbocycles. The molecule has 168 valence electrons. The molecule has 0 aromatic carbocycles. The van der Waals surface area contributed by atoms with E-state index in [0.717, 1.165) is 12.8 Å². The predicted octanol–water partition coefficient (Wildman–Crippen LogP) is 2.40. The van der Waals surface area contributed by atoms with E-state index in [1.807, 2.05) is 6.92 Å². The number of alkyl carbamates (subject to hydrolysis) is 1. The lowest BCUT2D eigenvalue weighted by Crippen LogP contribution is -2.38. The fourth-order valence-electron chi connectivity index (χ4n) is 3.80. The highest BCUT2D eigenvalue weighted by Gasteiger charge is 2.42. The maximum absolute atomic E-state index is 14.5. The highest BCUT2D eigenvalue weighted by Crippen LogP contribution is 2.39. The van der Waals surface area contributed by atoms with Gasteiger partial charge in [0.15, 0.2) is 5.82 Å². The molecule has 0 aliphatic heterocycles. The Bertz CT molecular complexity index is 969. The van der Waals surface area contributed by atoms with Crippen LogP contribution >= 0.6 is 0 Å². The molecule has 0 unspecified atom stereocenters. The first-order valence-electron chi connectivity index (χ1n) is 10.3. The fraction of sp³-hybridized carbons (Fsp3) is 0.600. The predicted molar refractivity (Wildman–Crippen MR) is 108 cm³/mol. The van der Waals surface area contributed by atoms with Crippen LogP contribution in [0.5, 0.6) is 0 Å². The normalized spacial score (nSPS) is 24.1. The third kappa shape index (κ3) is 4.87. The van der Waals surface area contributed by atoms with Crippen molar-refractivity contribution in [2.75, 3.05) is 12.4 Å². The van der Waals surface area contributed by atoms with E-state index in [9.17, 15) is 14.0 Å². The number of aromatic amines is 1. The Morgan fingerprint density at radius 1 is 1.35 bits per heavy atom. The molecule has 2 saturated carbocycles. The summed E-state index contributed by atoms with van der Waals surface area (Å²) < 4.78 is 26.3. The van der Waals surface area contributed by atoms with Gasteiger partial charge in [0.25, 0.3) is 5.91 Å². The summed E-state index contributed by atoms with van der Waals surface area (Å²) in [6.45, 7) is 2.24. The average Bonchev–Trinajstić information content (AvgIpc) is 3.03. The fourth-order valence-corrected chi connectivity index (χ4v) is 3.80. The monoisotopic (exact) mass is 434 g/mol. The van der Waals surface area contributed by atoms with Crippen LogP contribution in [-0.2, 0) is 23.1 Å². The molecule has 0 bridgehead atoms. The molecule has 2 aliphatic rings. The van der Waals surface area contributed by atoms with E-state index in [1.165, 1.54) is 4.68 Å². The number of amides is 2. The lowest BCUT2D eigenvalue weighted by molar-refractivity contribution is 0.0583. The van der Waals surface area contributed by atoms with Gasteiger partial charge in [0, 0.05) is 37.4 Å². The van der Waals surface area contributed by atoms with E-state index in [1.54, 1.807) is 26.3 Å². The van der Waals surface area contributed by atoms with Crippen molar-refractivity contribution in [2.45, 2.75) is 62.9 Å². The summed E-state index contributed by atoms with van der Waals surface area (Å²) in [5, 5.41) is 16.7. The molecular weight excluding hydrogens is 407 g/mol. The number of hydrogen-bond acceptors (Lipinski definition) is 6. The van der Waals surface area contributed by atoms with E-state index >= 15 is 0 Å². The van der Waals surface area contributed by atoms with Gasteiger partial charge in [-0.25, -0.2) is 9.18 Å². The van der Waals surface area contributed by atoms with Gasteiger partial charge in [0.05, 0.1) is 12.3 Å². The van der Waals surface area contributed by atoms with E-state index in [2.05, 4.69) is 25.9 Å². The number of aryl methyl sites for hydroxylation is 1. The largest absolute Gasteiger partial charge is 0.443 e. The number of aromatic nitrogens is 4. The number of halogens is 1. The van der Waals surface area contributed by atoms with Crippen molar-refractivity contribution in [1.29, 1.82) is 0 Å². The number of carbonyl (C=O) groups excluding carboxylic acids is 2. The summed E-state index contributed by atoms with van der Waals surface area (Å²) in [4.78, 5) is 24.5. The van der Waals surface area contributed by atoms with Crippen LogP contribution in [0.25, 0.3) is 0 Å². The van der Waals surface area contributed by atoms with E-state index in [0.29, 0.717) is 35.9 Å². The number of ether oxygens (including phenoxy) is 2. The van der Waals surface area contributed by atoms with Crippen molar-refractivity contribution in [3.8, 4) is 0 Å². The Hall–Kier alpha value is -2.95. The third-order valence-corrected chi connectivity index (χ3v) is 5.83. The van der Waals surface area contributed by atoms with Gasteiger partial charge < -0.3 is 20.1 Å². The summed E-state index contributed by atoms with van der Waals surface area (Å²) in [6.07, 6.45) is -0.252. The second-order valence-corrected chi connectivity index (χ2v) is 8.55. The first-order valence-corrected chi connectivity index (χ1v) is 10.3. The minimum atomic E-state index is -1.25. The first-order chi connectivity index (χ1) is 14.8. The van der Waals surface area contributed by atoms with Crippen molar-refractivity contribution in [3.05, 3.63) is 29.2 Å². The summed E-state index contributed by atoms with van der Waals surface area (Å²) in [7, 11) is 3.23. The second-order valence-electron chi connectivity index (χ2n) is 8.55. The summed E-state index contributed by atoms with van der Waals surface area (Å²) in [6, 6.07) is 3.32. The van der Waals surface area contributed by atoms with Gasteiger partial charge in [-0.3, -0.25) is 14.6 Å². The highest BCUT2D eigenvalue weighted by atomic mass is 19.1. The van der Waals surface area contributed by atoms with Gasteiger partial charge in [0.1, 0.15) is 18.0 Å². The molecule has 3 atom stereocenters. The number of alkyl halides is 1. The molecule has 3 N–H and O–H groups in total. The SMILES string of the molecule is COCc1cc(C(=O)Nc2cc([C@H]3C[C@@H](F)[C@@H](OC(=O)NC4(C)CC4)C3)[nH]n2)n(C)n1. The Morgan fingerprint density at radius 2 is 2.13 bits per heavy atom. The van der Waals surface area contributed by atoms with E-state index in [-0.39, 0.29) is 23.8 Å². The standard InChI is InChI=1S/C20H27FN6O4/c1-20(4-5-20)23-19(29)31-16-7-11(6-13(16)21)14-9-17(25-24-14)22-18(28)15-8-12(10-30-3)26-27(15)2/h8-9,11,13,16H,4-7,10H2,1-3H3,(H,23,29)(H2,22,24,25,28)/t11-,13+,16-/m0/s1. The maximum Gasteiger partial charge on any atom is 0.407 e. The average molecular weight is 434 g/mol. The quantitative estimate of drug-likeness (QED) is 0.615. The number of anilines is 1. The summed E-state index contributed by atoms with van der Waals surface area (Å²) >= 11 is 0. The lowest BCUT2D eigenvalue weighted by atomic mass is 10.0. The molecule has 2 amide bonds. The molecule has 11 heteroatoms. The van der Waals surface area contributed by atoms with Crippen molar-refractivity contribution < 1.29 is 23.5 Å². The van der Waals surface area contributed by atoms with Crippen LogP contribution in [0.1, 0.15) is 60.4 Å². The van der Waals surface area contributed by atoms with Crippen molar-refractivity contribution in [2.24, 2.45) is 7.05 Å². The van der Waals surface area contributed by atoms with E-state index < -0.39 is 18.4 Å². The molecule has 2 aromatic heterocycles. The molecule has 2 aromatic rings. The Balaban J connectivity index is 1.34. The van der Waals surface area contributed by atoms with E-state index in [4.69, 9.17) is 9.47 Å². The number of methoxy groups -OCH3 is 1. The Labute approximate surface area is 178 Å². The first kappa shape index (κ1) is 21.3. The number of H-pyrrole nitrogens is 1. The molecule has 2 heterocycles. The van der Waals surface area contributed by atoms with Crippen molar-refractivity contribution in [1.82, 2.24) is 25.3 Å². The number of rotatable bonds is 7. The molecule has 0 spiro atoms. The van der Waals surface area contributed by atoms with Crippen LogP contribution < -0.4 is 10.6 Å². The third-order valence-electron chi connectivity index (χ3n) is 5.83. The second kappa shape index (κ2) is 8.29. The molecule has 31 heavy (non-hydrogen) atoms. The summed E-state index contributed by atoms with van der Waals surface area (Å²) in [5.74, 6) is -0.224. The van der Waals surface area contributed by atoms with Gasteiger partial charge in [-0.2, -0.15) is 10.2 Å². The van der Waals surface area contributed by atoms with Crippen LogP contribution in [0, 0.1) is 0 Å². The van der Waals surface area contributed by atoms with Crippen LogP contribution in [0.3, 0.4) is 0 Å². The molecule has 4 rings (SSSR count). The van der Waals surface area contributed by atoms with Gasteiger partial charge in [0.2, 0.25) is 0 Å². The minimum Gasteiger partial charge on any atom is -0.443 e. The smallest absolute Gasteiger partial charge is 0.407 e. The number of nitrogens with zero attached hydrogens (tertiary/aromatic N) is 3. The molecule has 10 nitrogen and oxygen atoms in total. The Morgan fingerprint density at radius 3 is 2.84 bits per heavy atom. The Kier molecular flexibility index (Phi) is 5.69. The summed E-state index contributed by atoms with van der Waals surface area (Å²) in [5.41, 5.74) is 1.48. The van der Waals surface area contributed by atoms with Crippen LogP contribution in [0.15, 0.2) is 12.1 Å². The lowest BCUT2D eigenvalue weighted by Gasteiger charge is -2.17. The van der Waals surface area contributed by atoms with Gasteiger partial charge >= 0.3 is 6.09 Å². The van der Waals surface area contributed by atoms with Crippen molar-refractivity contribution >= 4 is 17.8 Å². The zero-order valence-corrected chi connectivity index (χ0v) is 17.8. The molecule has 0 saturated heterocycles. The van der Waals surface area contributed by atoms with Gasteiger partial charge in [-0.05, 0) is 38.7 Å². The van der Waals surface area contributed by atoms with Gasteiger partial charge in [-0.15, -0.1) is 0 Å². The topological polar surface area (TPSA) is 123 Å². The van der Waals surface area contributed by atoms with Crippen LogP contribution in [-0.4, -0.2) is 56.9 Å². The number of nitrogens with one attached hydrogen (secondary N) is 3. The highest BCUT2D eigenvalue weighted by molar-refractivity contribution is 6.02. The zero-order valence-electron chi connectivity index (χ0n) is 17.8. The molecule has 2 fully saturated rings. The van der Waals surface area contributed by atoms with Crippen molar-refractivity contribution in [3.63, 3.8) is 0 Å². The number of hydrogen-bond donors (Lipinski definition) is 3. The maximum atomic E-state index is 14.5. The van der Waals surface area contributed by atoms with Gasteiger partial charge in [-0.1, -0.05) is 0 Å².